The van der Waals surface area contributed by atoms with Gasteiger partial charge in [-0.3, -0.25) is 4.79 Å². The molecule has 0 atom stereocenters. The lowest BCUT2D eigenvalue weighted by molar-refractivity contribution is 0.0996. The molecule has 7 heteroatoms. The Labute approximate surface area is 127 Å². The van der Waals surface area contributed by atoms with Crippen LogP contribution >= 0.6 is 0 Å². The van der Waals surface area contributed by atoms with Crippen LogP contribution in [0.1, 0.15) is 29.5 Å². The summed E-state index contributed by atoms with van der Waals surface area (Å²) in [4.78, 5) is 11.9. The van der Waals surface area contributed by atoms with Gasteiger partial charge < -0.3 is 21.2 Å². The van der Waals surface area contributed by atoms with Crippen LogP contribution in [0.15, 0.2) is 57.3 Å². The lowest BCUT2D eigenvalue weighted by Gasteiger charge is -2.06. The number of hydrogen-bond donors (Lipinski definition) is 3. The van der Waals surface area contributed by atoms with Crippen LogP contribution in [0.25, 0.3) is 0 Å². The van der Waals surface area contributed by atoms with Gasteiger partial charge in [-0.05, 0) is 36.2 Å². The summed E-state index contributed by atoms with van der Waals surface area (Å²) in [5.74, 6) is -0.136. The van der Waals surface area contributed by atoms with E-state index in [4.69, 9.17) is 15.9 Å². The maximum Gasteiger partial charge on any atom is 0.291 e. The third-order valence-corrected chi connectivity index (χ3v) is 2.84. The summed E-state index contributed by atoms with van der Waals surface area (Å²) in [5, 5.41) is 10.4. The fourth-order valence-electron chi connectivity index (χ4n) is 1.80. The molecule has 1 heterocycles. The second-order valence-corrected chi connectivity index (χ2v) is 4.43. The van der Waals surface area contributed by atoms with E-state index in [0.717, 1.165) is 11.3 Å². The van der Waals surface area contributed by atoms with Gasteiger partial charge in [0.1, 0.15) is 0 Å². The van der Waals surface area contributed by atoms with Crippen LogP contribution < -0.4 is 16.8 Å². The zero-order valence-corrected chi connectivity index (χ0v) is 12.1. The summed E-state index contributed by atoms with van der Waals surface area (Å²) in [7, 11) is 0. The standard InChI is InChI=1S/C15H17N5O2/c1-2-12(19-20-15(16)17)10-5-7-11(8-6-10)18-14(21)13-4-3-9-22-13/h3-9H,2H2,1H3,(H,18,21)(H4,16,17,20)/b19-12-. The van der Waals surface area contributed by atoms with Gasteiger partial charge in [0.2, 0.25) is 5.96 Å². The van der Waals surface area contributed by atoms with Crippen LogP contribution in [-0.2, 0) is 0 Å². The predicted octanol–water partition coefficient (Wildman–Crippen LogP) is 1.92. The third kappa shape index (κ3) is 3.95. The minimum absolute atomic E-state index is 0.0896. The Kier molecular flexibility index (Phi) is 4.92. The van der Waals surface area contributed by atoms with Gasteiger partial charge in [-0.2, -0.15) is 5.10 Å². The van der Waals surface area contributed by atoms with E-state index in [1.807, 2.05) is 19.1 Å². The highest BCUT2D eigenvalue weighted by atomic mass is 16.3. The molecule has 0 unspecified atom stereocenters. The SMILES string of the molecule is CC/C(=N/N=C(N)N)c1ccc(NC(=O)c2ccco2)cc1. The first-order valence-electron chi connectivity index (χ1n) is 6.71. The van der Waals surface area contributed by atoms with Crippen molar-refractivity contribution in [3.63, 3.8) is 0 Å². The minimum atomic E-state index is -0.303. The van der Waals surface area contributed by atoms with Crippen molar-refractivity contribution in [1.82, 2.24) is 0 Å². The first-order valence-corrected chi connectivity index (χ1v) is 6.71. The Morgan fingerprint density at radius 1 is 1.18 bits per heavy atom. The van der Waals surface area contributed by atoms with E-state index >= 15 is 0 Å². The highest BCUT2D eigenvalue weighted by molar-refractivity contribution is 6.03. The van der Waals surface area contributed by atoms with Crippen molar-refractivity contribution >= 4 is 23.3 Å². The van der Waals surface area contributed by atoms with Crippen molar-refractivity contribution in [1.29, 1.82) is 0 Å². The largest absolute Gasteiger partial charge is 0.459 e. The lowest BCUT2D eigenvalue weighted by Crippen LogP contribution is -2.22. The maximum atomic E-state index is 11.9. The molecule has 7 nitrogen and oxygen atoms in total. The molecule has 0 aliphatic carbocycles. The third-order valence-electron chi connectivity index (χ3n) is 2.84. The van der Waals surface area contributed by atoms with E-state index in [1.165, 1.54) is 6.26 Å². The number of anilines is 1. The number of guanidine groups is 1. The van der Waals surface area contributed by atoms with Crippen LogP contribution in [0.3, 0.4) is 0 Å². The van der Waals surface area contributed by atoms with E-state index in [2.05, 4.69) is 15.5 Å². The van der Waals surface area contributed by atoms with E-state index in [0.29, 0.717) is 12.1 Å². The van der Waals surface area contributed by atoms with E-state index in [-0.39, 0.29) is 17.6 Å². The number of amides is 1. The van der Waals surface area contributed by atoms with E-state index in [9.17, 15) is 4.79 Å². The van der Waals surface area contributed by atoms with Crippen LogP contribution in [0, 0.1) is 0 Å². The number of rotatable bonds is 5. The fourth-order valence-corrected chi connectivity index (χ4v) is 1.80. The summed E-state index contributed by atoms with van der Waals surface area (Å²) in [6.45, 7) is 1.95. The van der Waals surface area contributed by atoms with Gasteiger partial charge in [0, 0.05) is 5.69 Å². The van der Waals surface area contributed by atoms with Gasteiger partial charge in [-0.15, -0.1) is 5.10 Å². The van der Waals surface area contributed by atoms with Gasteiger partial charge in [0.25, 0.3) is 5.91 Å². The van der Waals surface area contributed by atoms with Crippen molar-refractivity contribution in [3.8, 4) is 0 Å². The molecule has 0 spiro atoms. The van der Waals surface area contributed by atoms with Crippen molar-refractivity contribution < 1.29 is 9.21 Å². The number of hydrogen-bond acceptors (Lipinski definition) is 4. The molecule has 0 aliphatic heterocycles. The Balaban J connectivity index is 2.11. The Morgan fingerprint density at radius 2 is 1.91 bits per heavy atom. The molecule has 0 aliphatic rings. The molecule has 5 N–H and O–H groups in total. The molecule has 1 amide bonds. The number of furan rings is 1. The Morgan fingerprint density at radius 3 is 2.45 bits per heavy atom. The van der Waals surface area contributed by atoms with Crippen molar-refractivity contribution in [2.45, 2.75) is 13.3 Å². The minimum Gasteiger partial charge on any atom is -0.459 e. The molecule has 1 aromatic heterocycles. The number of nitrogens with zero attached hydrogens (tertiary/aromatic N) is 2. The number of nitrogens with two attached hydrogens (primary N) is 2. The number of carbonyl (C=O) groups is 1. The highest BCUT2D eigenvalue weighted by Gasteiger charge is 2.09. The average molecular weight is 299 g/mol. The van der Waals surface area contributed by atoms with E-state index < -0.39 is 0 Å². The van der Waals surface area contributed by atoms with Crippen LogP contribution in [0.5, 0.6) is 0 Å². The van der Waals surface area contributed by atoms with Gasteiger partial charge in [0.15, 0.2) is 5.76 Å². The molecule has 0 fully saturated rings. The smallest absolute Gasteiger partial charge is 0.291 e. The van der Waals surface area contributed by atoms with Crippen molar-refractivity contribution in [2.75, 3.05) is 5.32 Å². The Bertz CT molecular complexity index is 683. The molecule has 1 aromatic carbocycles. The quantitative estimate of drug-likeness (QED) is 0.444. The second kappa shape index (κ2) is 7.07. The van der Waals surface area contributed by atoms with Gasteiger partial charge in [-0.25, -0.2) is 0 Å². The van der Waals surface area contributed by atoms with E-state index in [1.54, 1.807) is 24.3 Å². The number of nitrogens with one attached hydrogen (secondary N) is 1. The van der Waals surface area contributed by atoms with Crippen LogP contribution in [0.2, 0.25) is 0 Å². The fraction of sp³-hybridized carbons (Fsp3) is 0.133. The maximum absolute atomic E-state index is 11.9. The summed E-state index contributed by atoms with van der Waals surface area (Å²) < 4.78 is 5.03. The monoisotopic (exact) mass is 299 g/mol. The molecular weight excluding hydrogens is 282 g/mol. The van der Waals surface area contributed by atoms with Crippen molar-refractivity contribution in [2.24, 2.45) is 21.7 Å². The highest BCUT2D eigenvalue weighted by Crippen LogP contribution is 2.13. The molecule has 0 bridgehead atoms. The number of benzene rings is 1. The van der Waals surface area contributed by atoms with Crippen LogP contribution in [-0.4, -0.2) is 17.6 Å². The van der Waals surface area contributed by atoms with Crippen LogP contribution in [0.4, 0.5) is 5.69 Å². The first kappa shape index (κ1) is 15.3. The number of carbonyl (C=O) groups excluding carboxylic acids is 1. The average Bonchev–Trinajstić information content (AvgIpc) is 3.03. The van der Waals surface area contributed by atoms with Gasteiger partial charge in [0.05, 0.1) is 12.0 Å². The van der Waals surface area contributed by atoms with Gasteiger partial charge in [-0.1, -0.05) is 19.1 Å². The second-order valence-electron chi connectivity index (χ2n) is 4.43. The summed E-state index contributed by atoms with van der Waals surface area (Å²) in [5.41, 5.74) is 12.8. The molecular formula is C15H17N5O2. The first-order chi connectivity index (χ1) is 10.6. The summed E-state index contributed by atoms with van der Waals surface area (Å²) in [6.07, 6.45) is 2.13. The summed E-state index contributed by atoms with van der Waals surface area (Å²) >= 11 is 0. The zero-order valence-electron chi connectivity index (χ0n) is 12.1. The molecule has 2 aromatic rings. The topological polar surface area (TPSA) is 119 Å². The molecule has 22 heavy (non-hydrogen) atoms. The van der Waals surface area contributed by atoms with Crippen molar-refractivity contribution in [3.05, 3.63) is 54.0 Å². The normalized spacial score (nSPS) is 11.0. The zero-order chi connectivity index (χ0) is 15.9. The lowest BCUT2D eigenvalue weighted by atomic mass is 10.1. The summed E-state index contributed by atoms with van der Waals surface area (Å²) in [6, 6.07) is 10.5. The van der Waals surface area contributed by atoms with Gasteiger partial charge >= 0.3 is 0 Å². The molecule has 0 radical (unpaired) electrons. The Hall–Kier alpha value is -3.09. The predicted molar refractivity (Wildman–Crippen MR) is 85.7 cm³/mol. The molecule has 2 rings (SSSR count). The molecule has 0 saturated carbocycles. The molecule has 0 saturated heterocycles. The molecule has 114 valence electrons.